The van der Waals surface area contributed by atoms with Gasteiger partial charge < -0.3 is 0 Å². The zero-order chi connectivity index (χ0) is 14.1. The summed E-state index contributed by atoms with van der Waals surface area (Å²) in [5.74, 6) is 0.712. The van der Waals surface area contributed by atoms with Crippen molar-refractivity contribution >= 4 is 34.3 Å². The van der Waals surface area contributed by atoms with Crippen LogP contribution in [-0.2, 0) is 5.75 Å². The van der Waals surface area contributed by atoms with Gasteiger partial charge in [0.1, 0.15) is 11.5 Å². The van der Waals surface area contributed by atoms with Crippen molar-refractivity contribution in [1.29, 1.82) is 0 Å². The molecule has 0 saturated heterocycles. The highest BCUT2D eigenvalue weighted by Crippen LogP contribution is 2.28. The second-order valence-corrected chi connectivity index (χ2v) is 5.92. The number of hydrogen-bond acceptors (Lipinski definition) is 4. The SMILES string of the molecule is Cc1ccc2cc(CSc3ncn[nH]3)c(Cl)nc2c1C. The molecule has 0 spiro atoms. The van der Waals surface area contributed by atoms with Crippen LogP contribution < -0.4 is 0 Å². The molecule has 0 bridgehead atoms. The lowest BCUT2D eigenvalue weighted by atomic mass is 10.0. The molecule has 0 aliphatic rings. The lowest BCUT2D eigenvalue weighted by Crippen LogP contribution is -1.92. The molecule has 0 amide bonds. The smallest absolute Gasteiger partial charge is 0.183 e. The molecule has 20 heavy (non-hydrogen) atoms. The van der Waals surface area contributed by atoms with E-state index in [1.807, 2.05) is 0 Å². The Morgan fingerprint density at radius 3 is 2.90 bits per heavy atom. The second kappa shape index (κ2) is 5.42. The van der Waals surface area contributed by atoms with E-state index in [1.165, 1.54) is 17.5 Å². The second-order valence-electron chi connectivity index (χ2n) is 4.60. The first kappa shape index (κ1) is 13.4. The van der Waals surface area contributed by atoms with Crippen molar-refractivity contribution in [2.45, 2.75) is 24.8 Å². The number of benzene rings is 1. The molecular weight excluding hydrogens is 292 g/mol. The molecule has 2 heterocycles. The van der Waals surface area contributed by atoms with Gasteiger partial charge in [-0.05, 0) is 31.0 Å². The summed E-state index contributed by atoms with van der Waals surface area (Å²) >= 11 is 7.85. The summed E-state index contributed by atoms with van der Waals surface area (Å²) in [4.78, 5) is 8.62. The molecule has 0 saturated carbocycles. The fourth-order valence-corrected chi connectivity index (χ4v) is 3.05. The van der Waals surface area contributed by atoms with Crippen molar-refractivity contribution in [2.75, 3.05) is 0 Å². The predicted octanol–water partition coefficient (Wildman–Crippen LogP) is 3.92. The minimum absolute atomic E-state index is 0.554. The Morgan fingerprint density at radius 2 is 2.15 bits per heavy atom. The largest absolute Gasteiger partial charge is 0.254 e. The maximum absolute atomic E-state index is 6.30. The van der Waals surface area contributed by atoms with Crippen LogP contribution in [0.25, 0.3) is 10.9 Å². The monoisotopic (exact) mass is 304 g/mol. The molecule has 0 aliphatic heterocycles. The molecule has 0 radical (unpaired) electrons. The molecule has 1 N–H and O–H groups in total. The topological polar surface area (TPSA) is 54.5 Å². The van der Waals surface area contributed by atoms with E-state index >= 15 is 0 Å². The van der Waals surface area contributed by atoms with Crippen LogP contribution in [0.4, 0.5) is 0 Å². The van der Waals surface area contributed by atoms with E-state index in [9.17, 15) is 0 Å². The fourth-order valence-electron chi connectivity index (χ4n) is 2.02. The molecule has 4 nitrogen and oxygen atoms in total. The highest BCUT2D eigenvalue weighted by atomic mass is 35.5. The van der Waals surface area contributed by atoms with Crippen molar-refractivity contribution in [3.63, 3.8) is 0 Å². The van der Waals surface area contributed by atoms with Gasteiger partial charge in [-0.2, -0.15) is 5.10 Å². The summed E-state index contributed by atoms with van der Waals surface area (Å²) in [5, 5.41) is 9.09. The first-order valence-electron chi connectivity index (χ1n) is 6.18. The van der Waals surface area contributed by atoms with Crippen LogP contribution in [0.1, 0.15) is 16.7 Å². The van der Waals surface area contributed by atoms with E-state index in [1.54, 1.807) is 11.8 Å². The van der Waals surface area contributed by atoms with Gasteiger partial charge in [-0.3, -0.25) is 5.10 Å². The molecule has 0 fully saturated rings. The summed E-state index contributed by atoms with van der Waals surface area (Å²) in [6.45, 7) is 4.15. The quantitative estimate of drug-likeness (QED) is 0.588. The van der Waals surface area contributed by atoms with Crippen LogP contribution in [0, 0.1) is 13.8 Å². The summed E-state index contributed by atoms with van der Waals surface area (Å²) in [5.41, 5.74) is 4.39. The number of aromatic amines is 1. The minimum Gasteiger partial charge on any atom is -0.254 e. The molecule has 2 aromatic heterocycles. The van der Waals surface area contributed by atoms with Gasteiger partial charge in [-0.15, -0.1) is 0 Å². The van der Waals surface area contributed by atoms with E-state index in [0.29, 0.717) is 10.9 Å². The summed E-state index contributed by atoms with van der Waals surface area (Å²) < 4.78 is 0. The molecular formula is C14H13ClN4S. The summed E-state index contributed by atoms with van der Waals surface area (Å²) in [7, 11) is 0. The highest BCUT2D eigenvalue weighted by molar-refractivity contribution is 7.98. The summed E-state index contributed by atoms with van der Waals surface area (Å²) in [6.07, 6.45) is 1.49. The van der Waals surface area contributed by atoms with Gasteiger partial charge >= 0.3 is 0 Å². The van der Waals surface area contributed by atoms with Gasteiger partial charge in [0, 0.05) is 16.7 Å². The van der Waals surface area contributed by atoms with Crippen LogP contribution in [-0.4, -0.2) is 20.2 Å². The molecule has 6 heteroatoms. The van der Waals surface area contributed by atoms with E-state index in [-0.39, 0.29) is 0 Å². The molecule has 102 valence electrons. The van der Waals surface area contributed by atoms with Crippen molar-refractivity contribution < 1.29 is 0 Å². The van der Waals surface area contributed by atoms with Crippen LogP contribution in [0.2, 0.25) is 5.15 Å². The molecule has 0 atom stereocenters. The Morgan fingerprint density at radius 1 is 1.30 bits per heavy atom. The number of aryl methyl sites for hydroxylation is 2. The third kappa shape index (κ3) is 2.51. The van der Waals surface area contributed by atoms with E-state index in [2.05, 4.69) is 52.2 Å². The van der Waals surface area contributed by atoms with Crippen LogP contribution in [0.3, 0.4) is 0 Å². The third-order valence-electron chi connectivity index (χ3n) is 3.30. The fraction of sp³-hybridized carbons (Fsp3) is 0.214. The summed E-state index contributed by atoms with van der Waals surface area (Å²) in [6, 6.07) is 6.30. The lowest BCUT2D eigenvalue weighted by molar-refractivity contribution is 0.972. The molecule has 1 aromatic carbocycles. The van der Waals surface area contributed by atoms with Crippen molar-refractivity contribution in [3.8, 4) is 0 Å². The number of nitrogens with one attached hydrogen (secondary N) is 1. The van der Waals surface area contributed by atoms with Gasteiger partial charge in [0.25, 0.3) is 0 Å². The van der Waals surface area contributed by atoms with Gasteiger partial charge in [-0.1, -0.05) is 35.5 Å². The normalized spacial score (nSPS) is 11.2. The lowest BCUT2D eigenvalue weighted by Gasteiger charge is -2.08. The van der Waals surface area contributed by atoms with Gasteiger partial charge in [-0.25, -0.2) is 9.97 Å². The Hall–Kier alpha value is -1.59. The van der Waals surface area contributed by atoms with Gasteiger partial charge in [0.15, 0.2) is 5.16 Å². The number of nitrogens with zero attached hydrogens (tertiary/aromatic N) is 3. The molecule has 3 rings (SSSR count). The zero-order valence-electron chi connectivity index (χ0n) is 11.1. The van der Waals surface area contributed by atoms with Crippen molar-refractivity contribution in [3.05, 3.63) is 46.4 Å². The number of H-pyrrole nitrogens is 1. The number of aromatic nitrogens is 4. The first-order chi connectivity index (χ1) is 9.65. The molecule has 0 aliphatic carbocycles. The standard InChI is InChI=1S/C14H13ClN4S/c1-8-3-4-10-5-11(6-20-14-16-7-17-19-14)13(15)18-12(10)9(8)2/h3-5,7H,6H2,1-2H3,(H,16,17,19). The maximum Gasteiger partial charge on any atom is 0.183 e. The number of fused-ring (bicyclic) bond motifs is 1. The average molecular weight is 305 g/mol. The van der Waals surface area contributed by atoms with Crippen molar-refractivity contribution in [1.82, 2.24) is 20.2 Å². The third-order valence-corrected chi connectivity index (χ3v) is 4.55. The predicted molar refractivity (Wildman–Crippen MR) is 82.2 cm³/mol. The first-order valence-corrected chi connectivity index (χ1v) is 7.55. The highest BCUT2D eigenvalue weighted by Gasteiger charge is 2.09. The number of rotatable bonds is 3. The van der Waals surface area contributed by atoms with Gasteiger partial charge in [0.05, 0.1) is 5.52 Å². The maximum atomic E-state index is 6.30. The Bertz CT molecular complexity index is 755. The van der Waals surface area contributed by atoms with Crippen molar-refractivity contribution in [2.24, 2.45) is 0 Å². The number of halogens is 1. The average Bonchev–Trinajstić information content (AvgIpc) is 2.95. The number of thioether (sulfide) groups is 1. The van der Waals surface area contributed by atoms with E-state index < -0.39 is 0 Å². The molecule has 3 aromatic rings. The Kier molecular flexibility index (Phi) is 3.63. The Balaban J connectivity index is 1.96. The van der Waals surface area contributed by atoms with Crippen LogP contribution in [0.15, 0.2) is 29.7 Å². The number of pyridine rings is 1. The van der Waals surface area contributed by atoms with E-state index in [4.69, 9.17) is 11.6 Å². The van der Waals surface area contributed by atoms with Gasteiger partial charge in [0.2, 0.25) is 0 Å². The number of hydrogen-bond donors (Lipinski definition) is 1. The zero-order valence-corrected chi connectivity index (χ0v) is 12.7. The minimum atomic E-state index is 0.554. The molecule has 0 unspecified atom stereocenters. The van der Waals surface area contributed by atoms with E-state index in [0.717, 1.165) is 21.6 Å². The van der Waals surface area contributed by atoms with Crippen LogP contribution >= 0.6 is 23.4 Å². The Labute approximate surface area is 126 Å². The van der Waals surface area contributed by atoms with Crippen LogP contribution in [0.5, 0.6) is 0 Å².